The predicted molar refractivity (Wildman–Crippen MR) is 100.0 cm³/mol. The van der Waals surface area contributed by atoms with Crippen LogP contribution in [-0.2, 0) is 9.59 Å². The van der Waals surface area contributed by atoms with E-state index < -0.39 is 0 Å². The second-order valence-electron chi connectivity index (χ2n) is 7.24. The van der Waals surface area contributed by atoms with Crippen LogP contribution in [0.1, 0.15) is 43.6 Å². The Kier molecular flexibility index (Phi) is 4.56. The van der Waals surface area contributed by atoms with Crippen LogP contribution >= 0.6 is 11.3 Å². The van der Waals surface area contributed by atoms with Crippen molar-refractivity contribution in [2.75, 3.05) is 11.9 Å². The number of hydrogen-bond acceptors (Lipinski definition) is 5. The van der Waals surface area contributed by atoms with Gasteiger partial charge in [0.15, 0.2) is 5.13 Å². The quantitative estimate of drug-likeness (QED) is 0.886. The molecule has 1 saturated carbocycles. The third kappa shape index (κ3) is 3.28. The standard InChI is InChI=1S/C19H23N3O3S/c1-11-7-15(12(2)25-11)16-10-26-19(20-16)21-18(24)13-8-17(23)22(9-13)14-5-3-4-6-14/h7,10,13-14H,3-6,8-9H2,1-2H3,(H,20,21,24). The fraction of sp³-hybridized carbons (Fsp3) is 0.526. The Morgan fingerprint density at radius 1 is 1.35 bits per heavy atom. The van der Waals surface area contributed by atoms with Gasteiger partial charge < -0.3 is 14.6 Å². The molecule has 0 spiro atoms. The normalized spacial score (nSPS) is 20.9. The van der Waals surface area contributed by atoms with Crippen molar-refractivity contribution >= 4 is 28.3 Å². The molecule has 1 aliphatic heterocycles. The Balaban J connectivity index is 1.41. The maximum Gasteiger partial charge on any atom is 0.231 e. The zero-order valence-corrected chi connectivity index (χ0v) is 15.9. The molecule has 1 unspecified atom stereocenters. The number of hydrogen-bond donors (Lipinski definition) is 1. The molecule has 7 heteroatoms. The number of nitrogens with one attached hydrogen (secondary N) is 1. The van der Waals surface area contributed by atoms with Crippen molar-refractivity contribution in [3.63, 3.8) is 0 Å². The summed E-state index contributed by atoms with van der Waals surface area (Å²) in [4.78, 5) is 31.3. The van der Waals surface area contributed by atoms with Crippen molar-refractivity contribution in [3.05, 3.63) is 23.0 Å². The average molecular weight is 373 g/mol. The highest BCUT2D eigenvalue weighted by Gasteiger charge is 2.38. The van der Waals surface area contributed by atoms with Crippen LogP contribution in [0.3, 0.4) is 0 Å². The first-order chi connectivity index (χ1) is 12.5. The average Bonchev–Trinajstić information content (AvgIpc) is 3.34. The Morgan fingerprint density at radius 2 is 2.12 bits per heavy atom. The number of furan rings is 1. The van der Waals surface area contributed by atoms with Crippen molar-refractivity contribution in [2.24, 2.45) is 5.92 Å². The van der Waals surface area contributed by atoms with Gasteiger partial charge in [-0.05, 0) is 32.8 Å². The van der Waals surface area contributed by atoms with Gasteiger partial charge in [-0.3, -0.25) is 9.59 Å². The van der Waals surface area contributed by atoms with Crippen molar-refractivity contribution < 1.29 is 14.0 Å². The van der Waals surface area contributed by atoms with E-state index >= 15 is 0 Å². The third-order valence-electron chi connectivity index (χ3n) is 5.35. The zero-order chi connectivity index (χ0) is 18.3. The highest BCUT2D eigenvalue weighted by molar-refractivity contribution is 7.14. The predicted octanol–water partition coefficient (Wildman–Crippen LogP) is 3.75. The zero-order valence-electron chi connectivity index (χ0n) is 15.1. The van der Waals surface area contributed by atoms with Gasteiger partial charge in [-0.15, -0.1) is 11.3 Å². The third-order valence-corrected chi connectivity index (χ3v) is 6.10. The Labute approximate surface area is 156 Å². The first-order valence-corrected chi connectivity index (χ1v) is 10.0. The number of carbonyl (C=O) groups excluding carboxylic acids is 2. The van der Waals surface area contributed by atoms with Crippen LogP contribution in [0.15, 0.2) is 15.9 Å². The minimum absolute atomic E-state index is 0.111. The van der Waals surface area contributed by atoms with Gasteiger partial charge in [-0.2, -0.15) is 0 Å². The largest absolute Gasteiger partial charge is 0.466 e. The van der Waals surface area contributed by atoms with E-state index in [1.807, 2.05) is 30.2 Å². The molecule has 2 aromatic heterocycles. The number of carbonyl (C=O) groups is 2. The summed E-state index contributed by atoms with van der Waals surface area (Å²) in [6.07, 6.45) is 4.81. The number of thiazole rings is 1. The molecule has 1 N–H and O–H groups in total. The molecule has 138 valence electrons. The van der Waals surface area contributed by atoms with Gasteiger partial charge in [-0.1, -0.05) is 12.8 Å². The highest BCUT2D eigenvalue weighted by Crippen LogP contribution is 2.32. The minimum atomic E-state index is -0.284. The highest BCUT2D eigenvalue weighted by atomic mass is 32.1. The first-order valence-electron chi connectivity index (χ1n) is 9.14. The van der Waals surface area contributed by atoms with Crippen LogP contribution in [0.4, 0.5) is 5.13 Å². The summed E-state index contributed by atoms with van der Waals surface area (Å²) >= 11 is 1.39. The Morgan fingerprint density at radius 3 is 2.81 bits per heavy atom. The molecule has 2 aromatic rings. The van der Waals surface area contributed by atoms with Crippen LogP contribution in [0.2, 0.25) is 0 Å². The van der Waals surface area contributed by atoms with Gasteiger partial charge in [0, 0.05) is 30.0 Å². The van der Waals surface area contributed by atoms with Gasteiger partial charge in [-0.25, -0.2) is 4.98 Å². The lowest BCUT2D eigenvalue weighted by molar-refractivity contribution is -0.129. The molecule has 2 fully saturated rings. The number of aromatic nitrogens is 1. The number of likely N-dealkylation sites (tertiary alicyclic amines) is 1. The number of amides is 2. The van der Waals surface area contributed by atoms with Gasteiger partial charge >= 0.3 is 0 Å². The second-order valence-corrected chi connectivity index (χ2v) is 8.10. The number of anilines is 1. The summed E-state index contributed by atoms with van der Waals surface area (Å²) in [6, 6.07) is 2.28. The summed E-state index contributed by atoms with van der Waals surface area (Å²) in [5, 5.41) is 5.37. The van der Waals surface area contributed by atoms with E-state index in [1.54, 1.807) is 0 Å². The minimum Gasteiger partial charge on any atom is -0.466 e. The van der Waals surface area contributed by atoms with Crippen LogP contribution in [0, 0.1) is 19.8 Å². The molecule has 6 nitrogen and oxygen atoms in total. The van der Waals surface area contributed by atoms with Crippen molar-refractivity contribution in [3.8, 4) is 11.3 Å². The van der Waals surface area contributed by atoms with E-state index in [2.05, 4.69) is 10.3 Å². The molecule has 1 atom stereocenters. The fourth-order valence-corrected chi connectivity index (χ4v) is 4.74. The summed E-state index contributed by atoms with van der Waals surface area (Å²) in [6.45, 7) is 4.34. The second kappa shape index (κ2) is 6.87. The van der Waals surface area contributed by atoms with E-state index in [0.717, 1.165) is 35.6 Å². The van der Waals surface area contributed by atoms with Crippen molar-refractivity contribution in [1.82, 2.24) is 9.88 Å². The topological polar surface area (TPSA) is 75.4 Å². The molecule has 1 aliphatic carbocycles. The van der Waals surface area contributed by atoms with E-state index in [9.17, 15) is 9.59 Å². The first kappa shape index (κ1) is 17.3. The molecule has 4 rings (SSSR count). The molecule has 0 radical (unpaired) electrons. The summed E-state index contributed by atoms with van der Waals surface area (Å²) in [7, 11) is 0. The maximum atomic E-state index is 12.6. The Bertz CT molecular complexity index is 835. The molecular formula is C19H23N3O3S. The lowest BCUT2D eigenvalue weighted by Crippen LogP contribution is -2.35. The molecule has 2 aliphatic rings. The molecule has 26 heavy (non-hydrogen) atoms. The van der Waals surface area contributed by atoms with Crippen LogP contribution in [0.5, 0.6) is 0 Å². The number of aryl methyl sites for hydroxylation is 2. The Hall–Kier alpha value is -2.15. The maximum absolute atomic E-state index is 12.6. The molecule has 0 aromatic carbocycles. The van der Waals surface area contributed by atoms with E-state index in [4.69, 9.17) is 4.42 Å². The van der Waals surface area contributed by atoms with Gasteiger partial charge in [0.2, 0.25) is 11.8 Å². The monoisotopic (exact) mass is 373 g/mol. The van der Waals surface area contributed by atoms with E-state index in [1.165, 1.54) is 24.2 Å². The van der Waals surface area contributed by atoms with Crippen LogP contribution < -0.4 is 5.32 Å². The summed E-state index contributed by atoms with van der Waals surface area (Å²) in [5.74, 6) is 1.38. The molecule has 0 bridgehead atoms. The smallest absolute Gasteiger partial charge is 0.231 e. The van der Waals surface area contributed by atoms with Crippen molar-refractivity contribution in [2.45, 2.75) is 52.0 Å². The van der Waals surface area contributed by atoms with E-state index in [0.29, 0.717) is 24.1 Å². The van der Waals surface area contributed by atoms with Gasteiger partial charge in [0.1, 0.15) is 11.5 Å². The summed E-state index contributed by atoms with van der Waals surface area (Å²) in [5.41, 5.74) is 1.75. The SMILES string of the molecule is Cc1cc(-c2csc(NC(=O)C3CC(=O)N(C4CCCC4)C3)n2)c(C)o1. The molecular weight excluding hydrogens is 350 g/mol. The molecule has 3 heterocycles. The fourth-order valence-electron chi connectivity index (χ4n) is 4.02. The lowest BCUT2D eigenvalue weighted by Gasteiger charge is -2.23. The van der Waals surface area contributed by atoms with Crippen molar-refractivity contribution in [1.29, 1.82) is 0 Å². The van der Waals surface area contributed by atoms with Crippen LogP contribution in [0.25, 0.3) is 11.3 Å². The van der Waals surface area contributed by atoms with Gasteiger partial charge in [0.25, 0.3) is 0 Å². The molecule has 1 saturated heterocycles. The summed E-state index contributed by atoms with van der Waals surface area (Å²) < 4.78 is 5.55. The van der Waals surface area contributed by atoms with E-state index in [-0.39, 0.29) is 17.7 Å². The van der Waals surface area contributed by atoms with Crippen LogP contribution in [-0.4, -0.2) is 34.3 Å². The van der Waals surface area contributed by atoms with Gasteiger partial charge in [0.05, 0.1) is 11.6 Å². The molecule has 2 amide bonds. The number of nitrogens with zero attached hydrogens (tertiary/aromatic N) is 2. The lowest BCUT2D eigenvalue weighted by atomic mass is 10.1. The number of rotatable bonds is 4.